The van der Waals surface area contributed by atoms with Crippen LogP contribution in [0.4, 0.5) is 0 Å². The van der Waals surface area contributed by atoms with Gasteiger partial charge in [-0.05, 0) is 40.3 Å². The molecule has 0 aromatic rings. The Morgan fingerprint density at radius 3 is 2.71 bits per heavy atom. The van der Waals surface area contributed by atoms with Gasteiger partial charge < -0.3 is 15.0 Å². The summed E-state index contributed by atoms with van der Waals surface area (Å²) in [5, 5.41) is 3.52. The van der Waals surface area contributed by atoms with Crippen LogP contribution in [0.5, 0.6) is 0 Å². The maximum atomic E-state index is 11.6. The smallest absolute Gasteiger partial charge is 0.312 e. The molecule has 4 heteroatoms. The molecule has 1 N–H and O–H groups in total. The van der Waals surface area contributed by atoms with Crippen molar-refractivity contribution in [2.45, 2.75) is 39.2 Å². The van der Waals surface area contributed by atoms with E-state index in [1.807, 2.05) is 13.8 Å². The third-order valence-corrected chi connectivity index (χ3v) is 3.35. The average molecular weight is 242 g/mol. The van der Waals surface area contributed by atoms with Crippen LogP contribution in [0.2, 0.25) is 0 Å². The second-order valence-electron chi connectivity index (χ2n) is 5.72. The number of hydrogen-bond acceptors (Lipinski definition) is 4. The van der Waals surface area contributed by atoms with Gasteiger partial charge in [0.15, 0.2) is 0 Å². The van der Waals surface area contributed by atoms with Gasteiger partial charge in [-0.1, -0.05) is 6.42 Å². The zero-order chi connectivity index (χ0) is 12.9. The SMILES string of the molecule is COC(=O)C(C)(C)CN(C)CC1CCCCN1. The number of ether oxygens (including phenoxy) is 1. The van der Waals surface area contributed by atoms with Gasteiger partial charge in [-0.25, -0.2) is 0 Å². The Morgan fingerprint density at radius 1 is 1.47 bits per heavy atom. The molecule has 1 aliphatic rings. The highest BCUT2D eigenvalue weighted by Crippen LogP contribution is 2.19. The van der Waals surface area contributed by atoms with E-state index in [1.54, 1.807) is 0 Å². The van der Waals surface area contributed by atoms with Crippen LogP contribution in [0.15, 0.2) is 0 Å². The van der Waals surface area contributed by atoms with Crippen molar-refractivity contribution in [2.75, 3.05) is 33.8 Å². The summed E-state index contributed by atoms with van der Waals surface area (Å²) in [7, 11) is 3.52. The highest BCUT2D eigenvalue weighted by atomic mass is 16.5. The fourth-order valence-electron chi connectivity index (χ4n) is 2.54. The van der Waals surface area contributed by atoms with Crippen LogP contribution >= 0.6 is 0 Å². The largest absolute Gasteiger partial charge is 0.469 e. The molecule has 0 aromatic carbocycles. The van der Waals surface area contributed by atoms with Gasteiger partial charge >= 0.3 is 5.97 Å². The molecule has 1 heterocycles. The first-order valence-corrected chi connectivity index (χ1v) is 6.46. The van der Waals surface area contributed by atoms with Gasteiger partial charge in [0.25, 0.3) is 0 Å². The quantitative estimate of drug-likeness (QED) is 0.737. The molecular formula is C13H26N2O2. The van der Waals surface area contributed by atoms with Gasteiger partial charge in [0.2, 0.25) is 0 Å². The normalized spacial score (nSPS) is 21.6. The molecule has 1 rings (SSSR count). The Balaban J connectivity index is 2.37. The molecule has 17 heavy (non-hydrogen) atoms. The van der Waals surface area contributed by atoms with Crippen LogP contribution in [0.3, 0.4) is 0 Å². The molecule has 4 nitrogen and oxygen atoms in total. The fourth-order valence-corrected chi connectivity index (χ4v) is 2.54. The van der Waals surface area contributed by atoms with Gasteiger partial charge in [-0.3, -0.25) is 4.79 Å². The summed E-state index contributed by atoms with van der Waals surface area (Å²) in [6, 6.07) is 0.571. The standard InChI is InChI=1S/C13H26N2O2/c1-13(2,12(16)17-4)10-15(3)9-11-7-5-6-8-14-11/h11,14H,5-10H2,1-4H3. The summed E-state index contributed by atoms with van der Waals surface area (Å²) >= 11 is 0. The minimum absolute atomic E-state index is 0.138. The first-order chi connectivity index (χ1) is 7.95. The van der Waals surface area contributed by atoms with Crippen LogP contribution in [0.25, 0.3) is 0 Å². The molecule has 1 unspecified atom stereocenters. The van der Waals surface area contributed by atoms with Crippen molar-refractivity contribution in [3.63, 3.8) is 0 Å². The van der Waals surface area contributed by atoms with Crippen molar-refractivity contribution in [1.29, 1.82) is 0 Å². The second kappa shape index (κ2) is 6.36. The highest BCUT2D eigenvalue weighted by Gasteiger charge is 2.30. The molecule has 0 saturated carbocycles. The van der Waals surface area contributed by atoms with Crippen LogP contribution in [-0.2, 0) is 9.53 Å². The minimum atomic E-state index is -0.432. The zero-order valence-corrected chi connectivity index (χ0v) is 11.6. The number of carbonyl (C=O) groups is 1. The van der Waals surface area contributed by atoms with E-state index in [4.69, 9.17) is 4.74 Å². The predicted octanol–water partition coefficient (Wildman–Crippen LogP) is 1.26. The first kappa shape index (κ1) is 14.5. The van der Waals surface area contributed by atoms with Crippen LogP contribution in [0, 0.1) is 5.41 Å². The maximum absolute atomic E-state index is 11.6. The number of nitrogens with one attached hydrogen (secondary N) is 1. The van der Waals surface area contributed by atoms with Gasteiger partial charge in [0.1, 0.15) is 0 Å². The lowest BCUT2D eigenvalue weighted by Gasteiger charge is -2.32. The third kappa shape index (κ3) is 4.64. The van der Waals surface area contributed by atoms with Gasteiger partial charge in [-0.2, -0.15) is 0 Å². The molecule has 1 atom stereocenters. The summed E-state index contributed by atoms with van der Waals surface area (Å²) < 4.78 is 4.82. The van der Waals surface area contributed by atoms with E-state index in [0.717, 1.165) is 19.6 Å². The van der Waals surface area contributed by atoms with Crippen molar-refractivity contribution in [3.05, 3.63) is 0 Å². The number of carbonyl (C=O) groups excluding carboxylic acids is 1. The summed E-state index contributed by atoms with van der Waals surface area (Å²) in [5.41, 5.74) is -0.432. The molecule has 0 bridgehead atoms. The van der Waals surface area contributed by atoms with Crippen molar-refractivity contribution in [3.8, 4) is 0 Å². The second-order valence-corrected chi connectivity index (χ2v) is 5.72. The van der Waals surface area contributed by atoms with E-state index in [1.165, 1.54) is 26.4 Å². The number of rotatable bonds is 5. The number of esters is 1. The summed E-state index contributed by atoms with van der Waals surface area (Å²) in [4.78, 5) is 13.8. The van der Waals surface area contributed by atoms with E-state index in [-0.39, 0.29) is 5.97 Å². The van der Waals surface area contributed by atoms with E-state index >= 15 is 0 Å². The molecule has 0 amide bonds. The van der Waals surface area contributed by atoms with Gasteiger partial charge in [-0.15, -0.1) is 0 Å². The number of hydrogen-bond donors (Lipinski definition) is 1. The van der Waals surface area contributed by atoms with E-state index < -0.39 is 5.41 Å². The maximum Gasteiger partial charge on any atom is 0.312 e. The molecule has 100 valence electrons. The Morgan fingerprint density at radius 2 is 2.18 bits per heavy atom. The van der Waals surface area contributed by atoms with E-state index in [0.29, 0.717) is 6.04 Å². The van der Waals surface area contributed by atoms with E-state index in [2.05, 4.69) is 17.3 Å². The van der Waals surface area contributed by atoms with Crippen LogP contribution in [-0.4, -0.2) is 50.7 Å². The van der Waals surface area contributed by atoms with Crippen molar-refractivity contribution >= 4 is 5.97 Å². The molecule has 0 radical (unpaired) electrons. The molecule has 1 saturated heterocycles. The number of piperidine rings is 1. The van der Waals surface area contributed by atoms with Crippen molar-refractivity contribution < 1.29 is 9.53 Å². The lowest BCUT2D eigenvalue weighted by atomic mass is 9.92. The summed E-state index contributed by atoms with van der Waals surface area (Å²) in [5.74, 6) is -0.138. The van der Waals surface area contributed by atoms with E-state index in [9.17, 15) is 4.79 Å². The fraction of sp³-hybridized carbons (Fsp3) is 0.923. The molecule has 1 fully saturated rings. The molecule has 0 spiro atoms. The Hall–Kier alpha value is -0.610. The monoisotopic (exact) mass is 242 g/mol. The third-order valence-electron chi connectivity index (χ3n) is 3.35. The molecule has 1 aliphatic heterocycles. The topological polar surface area (TPSA) is 41.6 Å². The number of methoxy groups -OCH3 is 1. The predicted molar refractivity (Wildman–Crippen MR) is 68.9 cm³/mol. The van der Waals surface area contributed by atoms with Crippen molar-refractivity contribution in [2.24, 2.45) is 5.41 Å². The molecule has 0 aromatic heterocycles. The van der Waals surface area contributed by atoms with Gasteiger partial charge in [0.05, 0.1) is 12.5 Å². The zero-order valence-electron chi connectivity index (χ0n) is 11.6. The Bertz CT molecular complexity index is 248. The first-order valence-electron chi connectivity index (χ1n) is 6.46. The Kier molecular flexibility index (Phi) is 5.40. The Labute approximate surface area is 105 Å². The number of likely N-dealkylation sites (N-methyl/N-ethyl adjacent to an activating group) is 1. The average Bonchev–Trinajstić information content (AvgIpc) is 2.28. The minimum Gasteiger partial charge on any atom is -0.469 e. The van der Waals surface area contributed by atoms with Crippen LogP contribution < -0.4 is 5.32 Å². The summed E-state index contributed by atoms with van der Waals surface area (Å²) in [6.07, 6.45) is 3.84. The molecular weight excluding hydrogens is 216 g/mol. The lowest BCUT2D eigenvalue weighted by molar-refractivity contribution is -0.151. The summed E-state index contributed by atoms with van der Waals surface area (Å²) in [6.45, 7) is 6.73. The van der Waals surface area contributed by atoms with Gasteiger partial charge in [0, 0.05) is 19.1 Å². The van der Waals surface area contributed by atoms with Crippen LogP contribution in [0.1, 0.15) is 33.1 Å². The highest BCUT2D eigenvalue weighted by molar-refractivity contribution is 5.76. The van der Waals surface area contributed by atoms with Crippen molar-refractivity contribution in [1.82, 2.24) is 10.2 Å². The number of nitrogens with zero attached hydrogens (tertiary/aromatic N) is 1. The molecule has 0 aliphatic carbocycles. The lowest BCUT2D eigenvalue weighted by Crippen LogP contribution is -2.46.